The molecule has 2 rings (SSSR count). The van der Waals surface area contributed by atoms with Gasteiger partial charge in [-0.2, -0.15) is 0 Å². The molecule has 0 heterocycles. The van der Waals surface area contributed by atoms with Crippen molar-refractivity contribution >= 4 is 29.5 Å². The third-order valence-electron chi connectivity index (χ3n) is 3.78. The van der Waals surface area contributed by atoms with E-state index in [2.05, 4.69) is 0 Å². The van der Waals surface area contributed by atoms with E-state index < -0.39 is 35.2 Å². The van der Waals surface area contributed by atoms with E-state index in [1.54, 1.807) is 0 Å². The summed E-state index contributed by atoms with van der Waals surface area (Å²) in [6.45, 7) is 0. The van der Waals surface area contributed by atoms with Crippen LogP contribution in [0.1, 0.15) is 15.9 Å². The Morgan fingerprint density at radius 2 is 1.42 bits per heavy atom. The van der Waals surface area contributed by atoms with Gasteiger partial charge in [0.1, 0.15) is 5.92 Å². The summed E-state index contributed by atoms with van der Waals surface area (Å²) in [5.74, 6) is -8.09. The second-order valence-electron chi connectivity index (χ2n) is 5.14. The van der Waals surface area contributed by atoms with E-state index in [4.69, 9.17) is 10.2 Å². The second kappa shape index (κ2) is 5.99. The molecule has 124 valence electrons. The van der Waals surface area contributed by atoms with Crippen LogP contribution in [0.15, 0.2) is 42.5 Å². The molecule has 24 heavy (non-hydrogen) atoms. The predicted octanol–water partition coefficient (Wildman–Crippen LogP) is 1.19. The Morgan fingerprint density at radius 1 is 0.875 bits per heavy atom. The Morgan fingerprint density at radius 3 is 1.83 bits per heavy atom. The fourth-order valence-electron chi connectivity index (χ4n) is 2.48. The van der Waals surface area contributed by atoms with Crippen LogP contribution < -0.4 is 0 Å². The zero-order valence-corrected chi connectivity index (χ0v) is 12.0. The summed E-state index contributed by atoms with van der Waals surface area (Å²) in [7, 11) is 0. The maximum Gasteiger partial charge on any atom is 0.335 e. The number of rotatable bonds is 5. The molecule has 0 aromatic heterocycles. The normalized spacial score (nSPS) is 18.5. The Kier molecular flexibility index (Phi) is 4.23. The maximum atomic E-state index is 11.6. The molecule has 0 bridgehead atoms. The molecule has 0 radical (unpaired) electrons. The lowest BCUT2D eigenvalue weighted by atomic mass is 9.70. The van der Waals surface area contributed by atoms with Gasteiger partial charge in [-0.05, 0) is 29.3 Å². The molecule has 0 spiro atoms. The van der Waals surface area contributed by atoms with Crippen LogP contribution in [0.3, 0.4) is 0 Å². The quantitative estimate of drug-likeness (QED) is 0.587. The molecule has 1 aliphatic rings. The Labute approximate surface area is 135 Å². The molecule has 1 aliphatic carbocycles. The highest BCUT2D eigenvalue weighted by Crippen LogP contribution is 2.39. The molecule has 1 aromatic rings. The zero-order chi connectivity index (χ0) is 18.1. The Balaban J connectivity index is 2.58. The number of aliphatic carboxylic acids is 3. The average molecular weight is 332 g/mol. The van der Waals surface area contributed by atoms with E-state index in [1.807, 2.05) is 0 Å². The van der Waals surface area contributed by atoms with E-state index in [0.29, 0.717) is 5.56 Å². The molecule has 0 saturated carbocycles. The number of hydrogen-bond donors (Lipinski definition) is 4. The van der Waals surface area contributed by atoms with Gasteiger partial charge in [0.25, 0.3) is 0 Å². The number of hydrogen-bond acceptors (Lipinski definition) is 4. The van der Waals surface area contributed by atoms with Crippen molar-refractivity contribution in [1.82, 2.24) is 0 Å². The molecule has 1 atom stereocenters. The van der Waals surface area contributed by atoms with Crippen molar-refractivity contribution in [1.29, 1.82) is 0 Å². The van der Waals surface area contributed by atoms with Crippen LogP contribution in [-0.4, -0.2) is 44.3 Å². The topological polar surface area (TPSA) is 149 Å². The van der Waals surface area contributed by atoms with Gasteiger partial charge in [0, 0.05) is 0 Å². The number of carboxylic acid groups (broad SMARTS) is 4. The zero-order valence-electron chi connectivity index (χ0n) is 12.0. The molecule has 4 N–H and O–H groups in total. The number of benzene rings is 1. The molecule has 0 saturated heterocycles. The molecule has 0 fully saturated rings. The van der Waals surface area contributed by atoms with Gasteiger partial charge in [0.2, 0.25) is 0 Å². The monoisotopic (exact) mass is 332 g/mol. The molecule has 8 nitrogen and oxygen atoms in total. The van der Waals surface area contributed by atoms with Crippen molar-refractivity contribution in [2.24, 2.45) is 11.3 Å². The summed E-state index contributed by atoms with van der Waals surface area (Å²) < 4.78 is 0. The van der Waals surface area contributed by atoms with Gasteiger partial charge in [-0.25, -0.2) is 4.79 Å². The van der Waals surface area contributed by atoms with E-state index in [-0.39, 0.29) is 11.1 Å². The smallest absolute Gasteiger partial charge is 0.335 e. The third kappa shape index (κ3) is 2.65. The summed E-state index contributed by atoms with van der Waals surface area (Å²) in [6, 6.07) is 5.32. The van der Waals surface area contributed by atoms with Crippen molar-refractivity contribution in [3.05, 3.63) is 53.6 Å². The fraction of sp³-hybridized carbons (Fsp3) is 0.125. The SMILES string of the molecule is O=C(O)c1ccc(C2=CC(C(=O)O)(C(=O)O)C(C(=O)O)C=C2)cc1. The lowest BCUT2D eigenvalue weighted by Gasteiger charge is -2.29. The fourth-order valence-corrected chi connectivity index (χ4v) is 2.48. The number of carboxylic acids is 4. The minimum absolute atomic E-state index is 0.00489. The van der Waals surface area contributed by atoms with Crippen molar-refractivity contribution in [3.63, 3.8) is 0 Å². The van der Waals surface area contributed by atoms with Gasteiger partial charge in [0.05, 0.1) is 5.56 Å². The van der Waals surface area contributed by atoms with Gasteiger partial charge in [-0.3, -0.25) is 14.4 Å². The minimum atomic E-state index is -2.65. The van der Waals surface area contributed by atoms with Gasteiger partial charge in [0.15, 0.2) is 5.41 Å². The first-order chi connectivity index (χ1) is 11.2. The van der Waals surface area contributed by atoms with Gasteiger partial charge < -0.3 is 20.4 Å². The largest absolute Gasteiger partial charge is 0.481 e. The molecule has 8 heteroatoms. The summed E-state index contributed by atoms with van der Waals surface area (Å²) in [5, 5.41) is 36.7. The molecule has 1 aromatic carbocycles. The first-order valence-electron chi connectivity index (χ1n) is 6.64. The molecule has 0 amide bonds. The van der Waals surface area contributed by atoms with Crippen LogP contribution in [0.4, 0.5) is 0 Å². The molecule has 1 unspecified atom stereocenters. The van der Waals surface area contributed by atoms with Gasteiger partial charge >= 0.3 is 23.9 Å². The van der Waals surface area contributed by atoms with Crippen LogP contribution in [0.5, 0.6) is 0 Å². The van der Waals surface area contributed by atoms with Crippen molar-refractivity contribution in [2.75, 3.05) is 0 Å². The first-order valence-corrected chi connectivity index (χ1v) is 6.64. The number of carbonyl (C=O) groups is 4. The number of allylic oxidation sites excluding steroid dienone is 2. The maximum absolute atomic E-state index is 11.6. The number of aromatic carboxylic acids is 1. The summed E-state index contributed by atoms with van der Waals surface area (Å²) in [5.41, 5.74) is -2.10. The van der Waals surface area contributed by atoms with E-state index >= 15 is 0 Å². The van der Waals surface area contributed by atoms with E-state index in [1.165, 1.54) is 30.3 Å². The molecular weight excluding hydrogens is 320 g/mol. The van der Waals surface area contributed by atoms with Crippen LogP contribution in [0.2, 0.25) is 0 Å². The van der Waals surface area contributed by atoms with Crippen molar-refractivity contribution in [3.8, 4) is 0 Å². The van der Waals surface area contributed by atoms with Crippen LogP contribution in [0, 0.1) is 11.3 Å². The van der Waals surface area contributed by atoms with E-state index in [9.17, 15) is 29.4 Å². The molecule has 0 aliphatic heterocycles. The van der Waals surface area contributed by atoms with Crippen LogP contribution in [-0.2, 0) is 14.4 Å². The summed E-state index contributed by atoms with van der Waals surface area (Å²) >= 11 is 0. The summed E-state index contributed by atoms with van der Waals surface area (Å²) in [6.07, 6.45) is 3.18. The highest BCUT2D eigenvalue weighted by atomic mass is 16.4. The van der Waals surface area contributed by atoms with E-state index in [0.717, 1.165) is 12.2 Å². The summed E-state index contributed by atoms with van der Waals surface area (Å²) in [4.78, 5) is 45.2. The third-order valence-corrected chi connectivity index (χ3v) is 3.78. The Bertz CT molecular complexity index is 771. The van der Waals surface area contributed by atoms with Crippen LogP contribution >= 0.6 is 0 Å². The predicted molar refractivity (Wildman–Crippen MR) is 79.3 cm³/mol. The van der Waals surface area contributed by atoms with Gasteiger partial charge in [-0.1, -0.05) is 24.3 Å². The van der Waals surface area contributed by atoms with Crippen molar-refractivity contribution < 1.29 is 39.6 Å². The van der Waals surface area contributed by atoms with Crippen LogP contribution in [0.25, 0.3) is 5.57 Å². The molecular formula is C16H12O8. The highest BCUT2D eigenvalue weighted by molar-refractivity contribution is 6.07. The average Bonchev–Trinajstić information content (AvgIpc) is 2.53. The lowest BCUT2D eigenvalue weighted by molar-refractivity contribution is -0.169. The Hall–Kier alpha value is -3.42. The lowest BCUT2D eigenvalue weighted by Crippen LogP contribution is -2.47. The standard InChI is InChI=1S/C16H12O8/c17-12(18)9-3-1-8(2-4-9)10-5-6-11(13(19)20)16(7-10,14(21)22)15(23)24/h1-7,11H,(H,17,18)(H,19,20)(H,21,22)(H,23,24). The highest BCUT2D eigenvalue weighted by Gasteiger charge is 2.55. The second-order valence-corrected chi connectivity index (χ2v) is 5.14. The van der Waals surface area contributed by atoms with Gasteiger partial charge in [-0.15, -0.1) is 0 Å². The van der Waals surface area contributed by atoms with Crippen molar-refractivity contribution in [2.45, 2.75) is 0 Å². The first kappa shape index (κ1) is 16.9. The minimum Gasteiger partial charge on any atom is -0.481 e.